The molecule has 0 aromatic carbocycles. The molecule has 1 aromatic heterocycles. The monoisotopic (exact) mass is 176 g/mol. The largest absolute Gasteiger partial charge is 0.475 e. The Kier molecular flexibility index (Phi) is 2.25. The van der Waals surface area contributed by atoms with Crippen LogP contribution in [-0.2, 0) is 4.74 Å². The molecular formula is C10H12N2O. The van der Waals surface area contributed by atoms with Gasteiger partial charge >= 0.3 is 0 Å². The fraction of sp³-hybridized carbons (Fsp3) is 0.400. The van der Waals surface area contributed by atoms with Crippen molar-refractivity contribution < 1.29 is 4.74 Å². The van der Waals surface area contributed by atoms with Crippen molar-refractivity contribution in [1.82, 2.24) is 4.98 Å². The number of hydrogen-bond donors (Lipinski definition) is 0. The van der Waals surface area contributed by atoms with Crippen LogP contribution in [0, 0.1) is 0 Å². The zero-order chi connectivity index (χ0) is 9.10. The van der Waals surface area contributed by atoms with E-state index in [9.17, 15) is 0 Å². The molecule has 13 heavy (non-hydrogen) atoms. The van der Waals surface area contributed by atoms with Crippen molar-refractivity contribution in [2.45, 2.75) is 19.4 Å². The highest BCUT2D eigenvalue weighted by Gasteiger charge is 2.17. The summed E-state index contributed by atoms with van der Waals surface area (Å²) in [5, 5.41) is 0. The predicted molar refractivity (Wildman–Crippen MR) is 50.8 cm³/mol. The third kappa shape index (κ3) is 1.69. The Balaban J connectivity index is 2.19. The second kappa shape index (κ2) is 3.56. The van der Waals surface area contributed by atoms with Gasteiger partial charge in [0.05, 0.1) is 6.04 Å². The van der Waals surface area contributed by atoms with Gasteiger partial charge in [-0.15, -0.1) is 0 Å². The van der Waals surface area contributed by atoms with E-state index >= 15 is 0 Å². The summed E-state index contributed by atoms with van der Waals surface area (Å²) in [4.78, 5) is 8.39. The minimum absolute atomic E-state index is 0.336. The Morgan fingerprint density at radius 3 is 2.85 bits per heavy atom. The van der Waals surface area contributed by atoms with Crippen LogP contribution in [0.4, 0.5) is 0 Å². The van der Waals surface area contributed by atoms with Crippen molar-refractivity contribution in [2.75, 3.05) is 6.61 Å². The third-order valence-corrected chi connectivity index (χ3v) is 2.11. The van der Waals surface area contributed by atoms with Gasteiger partial charge in [0.1, 0.15) is 6.61 Å². The molecule has 0 saturated heterocycles. The average molecular weight is 176 g/mol. The molecule has 68 valence electrons. The SMILES string of the molecule is CCC1COC(c2ccncc2)=N1. The summed E-state index contributed by atoms with van der Waals surface area (Å²) in [5.41, 5.74) is 1.02. The highest BCUT2D eigenvalue weighted by atomic mass is 16.5. The van der Waals surface area contributed by atoms with E-state index in [2.05, 4.69) is 16.9 Å². The average Bonchev–Trinajstić information content (AvgIpc) is 2.67. The van der Waals surface area contributed by atoms with E-state index in [4.69, 9.17) is 4.74 Å². The minimum atomic E-state index is 0.336. The predicted octanol–water partition coefficient (Wildman–Crippen LogP) is 1.64. The van der Waals surface area contributed by atoms with Gasteiger partial charge in [-0.25, -0.2) is 4.99 Å². The molecule has 0 saturated carbocycles. The van der Waals surface area contributed by atoms with E-state index in [1.165, 1.54) is 0 Å². The smallest absolute Gasteiger partial charge is 0.216 e. The molecule has 0 aliphatic carbocycles. The zero-order valence-corrected chi connectivity index (χ0v) is 7.60. The summed E-state index contributed by atoms with van der Waals surface area (Å²) >= 11 is 0. The highest BCUT2D eigenvalue weighted by molar-refractivity contribution is 5.94. The Morgan fingerprint density at radius 1 is 1.46 bits per heavy atom. The molecule has 1 aliphatic heterocycles. The van der Waals surface area contributed by atoms with E-state index in [1.807, 2.05) is 12.1 Å². The standard InChI is InChI=1S/C10H12N2O/c1-2-9-7-13-10(12-9)8-3-5-11-6-4-8/h3-6,9H,2,7H2,1H3. The molecule has 3 nitrogen and oxygen atoms in total. The van der Waals surface area contributed by atoms with Gasteiger partial charge in [-0.3, -0.25) is 4.98 Å². The maximum atomic E-state index is 5.46. The van der Waals surface area contributed by atoms with E-state index in [0.29, 0.717) is 12.6 Å². The fourth-order valence-electron chi connectivity index (χ4n) is 1.28. The molecule has 3 heteroatoms. The number of ether oxygens (including phenoxy) is 1. The molecule has 0 amide bonds. The first kappa shape index (κ1) is 8.23. The number of nitrogens with zero attached hydrogens (tertiary/aromatic N) is 2. The van der Waals surface area contributed by atoms with Crippen molar-refractivity contribution in [3.05, 3.63) is 30.1 Å². The maximum absolute atomic E-state index is 5.46. The van der Waals surface area contributed by atoms with Crippen LogP contribution in [0.3, 0.4) is 0 Å². The lowest BCUT2D eigenvalue weighted by atomic mass is 10.2. The summed E-state index contributed by atoms with van der Waals surface area (Å²) in [5.74, 6) is 0.759. The summed E-state index contributed by atoms with van der Waals surface area (Å²) in [6.07, 6.45) is 4.54. The number of hydrogen-bond acceptors (Lipinski definition) is 3. The summed E-state index contributed by atoms with van der Waals surface area (Å²) in [6.45, 7) is 2.83. The van der Waals surface area contributed by atoms with Crippen LogP contribution in [0.1, 0.15) is 18.9 Å². The number of aliphatic imine (C=N–C) groups is 1. The number of aromatic nitrogens is 1. The molecule has 1 aliphatic rings. The van der Waals surface area contributed by atoms with E-state index in [0.717, 1.165) is 17.9 Å². The van der Waals surface area contributed by atoms with Crippen LogP contribution in [0.25, 0.3) is 0 Å². The van der Waals surface area contributed by atoms with Crippen LogP contribution < -0.4 is 0 Å². The van der Waals surface area contributed by atoms with Crippen LogP contribution in [0.2, 0.25) is 0 Å². The summed E-state index contributed by atoms with van der Waals surface area (Å²) in [7, 11) is 0. The summed E-state index contributed by atoms with van der Waals surface area (Å²) < 4.78 is 5.46. The van der Waals surface area contributed by atoms with Gasteiger partial charge < -0.3 is 4.74 Å². The number of rotatable bonds is 2. The third-order valence-electron chi connectivity index (χ3n) is 2.11. The molecule has 2 heterocycles. The highest BCUT2D eigenvalue weighted by Crippen LogP contribution is 2.12. The summed E-state index contributed by atoms with van der Waals surface area (Å²) in [6, 6.07) is 4.16. The Bertz CT molecular complexity index is 308. The van der Waals surface area contributed by atoms with Crippen LogP contribution >= 0.6 is 0 Å². The molecular weight excluding hydrogens is 164 g/mol. The molecule has 1 atom stereocenters. The topological polar surface area (TPSA) is 34.5 Å². The first-order chi connectivity index (χ1) is 6.40. The van der Waals surface area contributed by atoms with Crippen molar-refractivity contribution in [3.63, 3.8) is 0 Å². The lowest BCUT2D eigenvalue weighted by Crippen LogP contribution is -2.03. The second-order valence-electron chi connectivity index (χ2n) is 3.04. The van der Waals surface area contributed by atoms with Gasteiger partial charge in [0.25, 0.3) is 0 Å². The first-order valence-corrected chi connectivity index (χ1v) is 4.51. The normalized spacial score (nSPS) is 21.0. The van der Waals surface area contributed by atoms with Crippen molar-refractivity contribution in [2.24, 2.45) is 4.99 Å². The van der Waals surface area contributed by atoms with E-state index < -0.39 is 0 Å². The molecule has 1 aromatic rings. The molecule has 0 spiro atoms. The van der Waals surface area contributed by atoms with Gasteiger partial charge in [0.2, 0.25) is 5.90 Å². The maximum Gasteiger partial charge on any atom is 0.216 e. The molecule has 0 bridgehead atoms. The van der Waals surface area contributed by atoms with Gasteiger partial charge in [-0.2, -0.15) is 0 Å². The molecule has 2 rings (SSSR count). The van der Waals surface area contributed by atoms with Crippen LogP contribution in [0.15, 0.2) is 29.5 Å². The van der Waals surface area contributed by atoms with Gasteiger partial charge in [-0.05, 0) is 18.6 Å². The van der Waals surface area contributed by atoms with E-state index in [1.54, 1.807) is 12.4 Å². The van der Waals surface area contributed by atoms with Crippen molar-refractivity contribution >= 4 is 5.90 Å². The van der Waals surface area contributed by atoms with Crippen LogP contribution in [-0.4, -0.2) is 23.5 Å². The Hall–Kier alpha value is -1.38. The Morgan fingerprint density at radius 2 is 2.23 bits per heavy atom. The molecule has 0 fully saturated rings. The fourth-order valence-corrected chi connectivity index (χ4v) is 1.28. The number of pyridine rings is 1. The van der Waals surface area contributed by atoms with Gasteiger partial charge in [-0.1, -0.05) is 6.92 Å². The molecule has 0 N–H and O–H groups in total. The van der Waals surface area contributed by atoms with Gasteiger partial charge in [0.15, 0.2) is 0 Å². The zero-order valence-electron chi connectivity index (χ0n) is 7.60. The minimum Gasteiger partial charge on any atom is -0.475 e. The second-order valence-corrected chi connectivity index (χ2v) is 3.04. The quantitative estimate of drug-likeness (QED) is 0.686. The Labute approximate surface area is 77.5 Å². The van der Waals surface area contributed by atoms with Crippen molar-refractivity contribution in [1.29, 1.82) is 0 Å². The van der Waals surface area contributed by atoms with Crippen LogP contribution in [0.5, 0.6) is 0 Å². The lowest BCUT2D eigenvalue weighted by Gasteiger charge is -1.99. The van der Waals surface area contributed by atoms with E-state index in [-0.39, 0.29) is 0 Å². The molecule has 0 radical (unpaired) electrons. The lowest BCUT2D eigenvalue weighted by molar-refractivity contribution is 0.315. The first-order valence-electron chi connectivity index (χ1n) is 4.51. The van der Waals surface area contributed by atoms with Gasteiger partial charge in [0, 0.05) is 18.0 Å². The molecule has 1 unspecified atom stereocenters. The van der Waals surface area contributed by atoms with Crippen molar-refractivity contribution in [3.8, 4) is 0 Å².